The van der Waals surface area contributed by atoms with E-state index in [4.69, 9.17) is 11.6 Å². The molecule has 0 unspecified atom stereocenters. The molecule has 0 saturated carbocycles. The van der Waals surface area contributed by atoms with Gasteiger partial charge in [0.1, 0.15) is 0 Å². The predicted octanol–water partition coefficient (Wildman–Crippen LogP) is 3.61. The van der Waals surface area contributed by atoms with Crippen molar-refractivity contribution in [2.75, 3.05) is 31.1 Å². The van der Waals surface area contributed by atoms with Gasteiger partial charge in [-0.2, -0.15) is 18.2 Å². The van der Waals surface area contributed by atoms with Gasteiger partial charge >= 0.3 is 6.18 Å². The second-order valence-electron chi connectivity index (χ2n) is 7.88. The third-order valence-corrected chi connectivity index (χ3v) is 6.01. The molecule has 0 spiro atoms. The highest BCUT2D eigenvalue weighted by Crippen LogP contribution is 2.28. The average Bonchev–Trinajstić information content (AvgIpc) is 3.17. The SMILES string of the molecule is Cc1ccc(Cl)cc1N1CCN(C(=O)Cc2c(C)nc3nc(C(F)(F)F)nn3c2C)CC1. The molecule has 0 radical (unpaired) electrons. The summed E-state index contributed by atoms with van der Waals surface area (Å²) < 4.78 is 40.0. The van der Waals surface area contributed by atoms with Gasteiger partial charge in [-0.15, -0.1) is 5.10 Å². The van der Waals surface area contributed by atoms with Crippen molar-refractivity contribution >= 4 is 29.0 Å². The Hall–Kier alpha value is -2.88. The van der Waals surface area contributed by atoms with Crippen molar-refractivity contribution in [2.24, 2.45) is 0 Å². The smallest absolute Gasteiger partial charge is 0.368 e. The summed E-state index contributed by atoms with van der Waals surface area (Å²) in [6, 6.07) is 5.75. The molecule has 32 heavy (non-hydrogen) atoms. The molecule has 1 amide bonds. The Morgan fingerprint density at radius 3 is 2.44 bits per heavy atom. The fourth-order valence-electron chi connectivity index (χ4n) is 3.97. The lowest BCUT2D eigenvalue weighted by Crippen LogP contribution is -2.49. The number of rotatable bonds is 3. The average molecular weight is 467 g/mol. The van der Waals surface area contributed by atoms with Crippen LogP contribution in [0.1, 0.15) is 28.3 Å². The quantitative estimate of drug-likeness (QED) is 0.590. The largest absolute Gasteiger partial charge is 0.453 e. The van der Waals surface area contributed by atoms with Crippen molar-refractivity contribution in [1.82, 2.24) is 24.5 Å². The number of nitrogens with zero attached hydrogens (tertiary/aromatic N) is 6. The monoisotopic (exact) mass is 466 g/mol. The van der Waals surface area contributed by atoms with E-state index in [0.717, 1.165) is 15.8 Å². The molecule has 0 atom stereocenters. The number of carbonyl (C=O) groups excluding carboxylic acids is 1. The lowest BCUT2D eigenvalue weighted by molar-refractivity contribution is -0.144. The number of aryl methyl sites for hydroxylation is 3. The van der Waals surface area contributed by atoms with Crippen LogP contribution in [0.4, 0.5) is 18.9 Å². The molecule has 0 aliphatic carbocycles. The molecule has 4 rings (SSSR count). The molecule has 1 aromatic carbocycles. The van der Waals surface area contributed by atoms with Crippen molar-refractivity contribution in [2.45, 2.75) is 33.4 Å². The molecular formula is C21H22ClF3N6O. The minimum Gasteiger partial charge on any atom is -0.368 e. The second kappa shape index (κ2) is 8.23. The van der Waals surface area contributed by atoms with Crippen LogP contribution in [-0.4, -0.2) is 56.6 Å². The fraction of sp³-hybridized carbons (Fsp3) is 0.429. The van der Waals surface area contributed by atoms with Crippen LogP contribution in [0.5, 0.6) is 0 Å². The van der Waals surface area contributed by atoms with Gasteiger partial charge in [0.2, 0.25) is 5.91 Å². The van der Waals surface area contributed by atoms with E-state index in [-0.39, 0.29) is 18.1 Å². The van der Waals surface area contributed by atoms with Crippen molar-refractivity contribution in [3.8, 4) is 0 Å². The van der Waals surface area contributed by atoms with Crippen LogP contribution in [0.3, 0.4) is 0 Å². The van der Waals surface area contributed by atoms with Gasteiger partial charge in [0, 0.05) is 53.8 Å². The van der Waals surface area contributed by atoms with E-state index < -0.39 is 12.0 Å². The van der Waals surface area contributed by atoms with E-state index in [1.54, 1.807) is 18.7 Å². The second-order valence-corrected chi connectivity index (χ2v) is 8.32. The molecular weight excluding hydrogens is 445 g/mol. The number of halogens is 4. The van der Waals surface area contributed by atoms with Crippen LogP contribution < -0.4 is 4.90 Å². The van der Waals surface area contributed by atoms with Crippen LogP contribution in [-0.2, 0) is 17.4 Å². The van der Waals surface area contributed by atoms with E-state index in [9.17, 15) is 18.0 Å². The van der Waals surface area contributed by atoms with Gasteiger partial charge in [-0.05, 0) is 38.5 Å². The molecule has 2 aromatic heterocycles. The molecule has 1 aliphatic rings. The summed E-state index contributed by atoms with van der Waals surface area (Å²) in [5.74, 6) is -1.48. The van der Waals surface area contributed by atoms with E-state index in [1.807, 2.05) is 25.1 Å². The van der Waals surface area contributed by atoms with Crippen LogP contribution in [0.25, 0.3) is 5.78 Å². The summed E-state index contributed by atoms with van der Waals surface area (Å²) >= 11 is 6.13. The van der Waals surface area contributed by atoms with Crippen molar-refractivity contribution < 1.29 is 18.0 Å². The molecule has 1 fully saturated rings. The zero-order valence-corrected chi connectivity index (χ0v) is 18.6. The Kier molecular flexibility index (Phi) is 5.74. The van der Waals surface area contributed by atoms with Gasteiger partial charge in [-0.25, -0.2) is 9.50 Å². The number of amides is 1. The van der Waals surface area contributed by atoms with Crippen molar-refractivity contribution in [1.29, 1.82) is 0 Å². The van der Waals surface area contributed by atoms with Crippen molar-refractivity contribution in [3.63, 3.8) is 0 Å². The van der Waals surface area contributed by atoms with Gasteiger partial charge in [0.05, 0.1) is 6.42 Å². The topological polar surface area (TPSA) is 66.6 Å². The summed E-state index contributed by atoms with van der Waals surface area (Å²) in [5, 5.41) is 4.21. The Morgan fingerprint density at radius 2 is 1.78 bits per heavy atom. The number of aromatic nitrogens is 4. The van der Waals surface area contributed by atoms with E-state index in [2.05, 4.69) is 20.0 Å². The summed E-state index contributed by atoms with van der Waals surface area (Å²) in [6.07, 6.45) is -4.62. The predicted molar refractivity (Wildman–Crippen MR) is 114 cm³/mol. The first-order chi connectivity index (χ1) is 15.0. The highest BCUT2D eigenvalue weighted by atomic mass is 35.5. The zero-order chi connectivity index (χ0) is 23.2. The Morgan fingerprint density at radius 1 is 1.09 bits per heavy atom. The number of hydrogen-bond acceptors (Lipinski definition) is 5. The van der Waals surface area contributed by atoms with Crippen molar-refractivity contribution in [3.05, 3.63) is 51.6 Å². The van der Waals surface area contributed by atoms with Gasteiger partial charge < -0.3 is 9.80 Å². The summed E-state index contributed by atoms with van der Waals surface area (Å²) in [7, 11) is 0. The van der Waals surface area contributed by atoms with E-state index >= 15 is 0 Å². The summed E-state index contributed by atoms with van der Waals surface area (Å²) in [6.45, 7) is 7.73. The van der Waals surface area contributed by atoms with Gasteiger partial charge in [-0.1, -0.05) is 17.7 Å². The molecule has 1 aliphatic heterocycles. The first-order valence-electron chi connectivity index (χ1n) is 10.1. The van der Waals surface area contributed by atoms with Crippen LogP contribution in [0.15, 0.2) is 18.2 Å². The Labute approximate surface area is 187 Å². The maximum absolute atomic E-state index is 13.0. The molecule has 7 nitrogen and oxygen atoms in total. The highest BCUT2D eigenvalue weighted by Gasteiger charge is 2.37. The van der Waals surface area contributed by atoms with Crippen LogP contribution in [0.2, 0.25) is 5.02 Å². The fourth-order valence-corrected chi connectivity index (χ4v) is 4.13. The van der Waals surface area contributed by atoms with Gasteiger partial charge in [-0.3, -0.25) is 4.79 Å². The van der Waals surface area contributed by atoms with E-state index in [1.165, 1.54) is 0 Å². The Bertz CT molecular complexity index is 1180. The normalized spacial score (nSPS) is 15.0. The number of benzene rings is 1. The standard InChI is InChI=1S/C21H22ClF3N6O/c1-12-4-5-15(22)10-17(12)29-6-8-30(9-7-29)18(32)11-16-13(2)26-20-27-19(21(23,24)25)28-31(20)14(16)3/h4-5,10H,6-9,11H2,1-3H3. The molecule has 3 heterocycles. The molecule has 11 heteroatoms. The number of fused-ring (bicyclic) bond motifs is 1. The minimum atomic E-state index is -4.66. The number of alkyl halides is 3. The van der Waals surface area contributed by atoms with Crippen LogP contribution >= 0.6 is 11.6 Å². The third kappa shape index (κ3) is 4.23. The number of anilines is 1. The number of hydrogen-bond donors (Lipinski definition) is 0. The van der Waals surface area contributed by atoms with Gasteiger partial charge in [0.25, 0.3) is 11.6 Å². The Balaban J connectivity index is 1.49. The molecule has 0 N–H and O–H groups in total. The number of piperazine rings is 1. The maximum Gasteiger partial charge on any atom is 0.453 e. The first kappa shape index (κ1) is 22.3. The lowest BCUT2D eigenvalue weighted by atomic mass is 10.1. The third-order valence-electron chi connectivity index (χ3n) is 5.77. The zero-order valence-electron chi connectivity index (χ0n) is 17.9. The van der Waals surface area contributed by atoms with Gasteiger partial charge in [0.15, 0.2) is 0 Å². The van der Waals surface area contributed by atoms with E-state index in [0.29, 0.717) is 48.2 Å². The summed E-state index contributed by atoms with van der Waals surface area (Å²) in [5.41, 5.74) is 3.63. The van der Waals surface area contributed by atoms with Crippen LogP contribution in [0, 0.1) is 20.8 Å². The molecule has 1 saturated heterocycles. The minimum absolute atomic E-state index is 0.0397. The first-order valence-corrected chi connectivity index (χ1v) is 10.5. The lowest BCUT2D eigenvalue weighted by Gasteiger charge is -2.37. The molecule has 3 aromatic rings. The molecule has 170 valence electrons. The summed E-state index contributed by atoms with van der Waals surface area (Å²) in [4.78, 5) is 24.5. The maximum atomic E-state index is 13.0. The molecule has 0 bridgehead atoms. The highest BCUT2D eigenvalue weighted by molar-refractivity contribution is 6.30. The number of carbonyl (C=O) groups is 1.